The van der Waals surface area contributed by atoms with Crippen molar-refractivity contribution in [2.24, 2.45) is 0 Å². The number of esters is 1. The van der Waals surface area contributed by atoms with Crippen LogP contribution in [0.25, 0.3) is 0 Å². The monoisotopic (exact) mass is 298 g/mol. The number of anilines is 1. The molecule has 1 unspecified atom stereocenters. The van der Waals surface area contributed by atoms with Gasteiger partial charge in [0.15, 0.2) is 9.84 Å². The van der Waals surface area contributed by atoms with Gasteiger partial charge < -0.3 is 9.64 Å². The minimum Gasteiger partial charge on any atom is -0.462 e. The van der Waals surface area contributed by atoms with Crippen LogP contribution < -0.4 is 4.90 Å². The largest absolute Gasteiger partial charge is 0.462 e. The van der Waals surface area contributed by atoms with E-state index in [1.165, 1.54) is 6.20 Å². The van der Waals surface area contributed by atoms with Gasteiger partial charge in [-0.15, -0.1) is 0 Å². The Labute approximate surface area is 118 Å². The molecule has 0 amide bonds. The number of carbonyl (C=O) groups excluding carboxylic acids is 1. The molecule has 1 saturated heterocycles. The van der Waals surface area contributed by atoms with Gasteiger partial charge in [-0.25, -0.2) is 18.2 Å². The first kappa shape index (κ1) is 14.8. The van der Waals surface area contributed by atoms with Crippen molar-refractivity contribution in [3.05, 3.63) is 23.9 Å². The van der Waals surface area contributed by atoms with Crippen molar-refractivity contribution in [3.8, 4) is 0 Å². The Morgan fingerprint density at radius 2 is 2.25 bits per heavy atom. The van der Waals surface area contributed by atoms with Gasteiger partial charge in [0.2, 0.25) is 0 Å². The zero-order valence-electron chi connectivity index (χ0n) is 11.6. The van der Waals surface area contributed by atoms with Gasteiger partial charge in [-0.1, -0.05) is 0 Å². The predicted octanol–water partition coefficient (Wildman–Crippen LogP) is 0.882. The molecular weight excluding hydrogens is 280 g/mol. The maximum atomic E-state index is 11.5. The lowest BCUT2D eigenvalue weighted by atomic mass is 10.2. The summed E-state index contributed by atoms with van der Waals surface area (Å²) in [6.45, 7) is 2.06. The lowest BCUT2D eigenvalue weighted by Crippen LogP contribution is -2.33. The smallest absolute Gasteiger partial charge is 0.339 e. The zero-order valence-corrected chi connectivity index (χ0v) is 12.4. The van der Waals surface area contributed by atoms with E-state index in [1.807, 2.05) is 11.9 Å². The van der Waals surface area contributed by atoms with Crippen LogP contribution in [0.4, 0.5) is 5.82 Å². The average molecular weight is 298 g/mol. The van der Waals surface area contributed by atoms with Crippen molar-refractivity contribution >= 4 is 21.6 Å². The van der Waals surface area contributed by atoms with Gasteiger partial charge in [0.1, 0.15) is 5.82 Å². The van der Waals surface area contributed by atoms with Crippen LogP contribution >= 0.6 is 0 Å². The minimum absolute atomic E-state index is 0.0547. The van der Waals surface area contributed by atoms with Crippen LogP contribution in [0.2, 0.25) is 0 Å². The molecule has 0 bridgehead atoms. The Morgan fingerprint density at radius 3 is 2.75 bits per heavy atom. The number of rotatable bonds is 4. The predicted molar refractivity (Wildman–Crippen MR) is 75.7 cm³/mol. The van der Waals surface area contributed by atoms with E-state index >= 15 is 0 Å². The van der Waals surface area contributed by atoms with Crippen molar-refractivity contribution < 1.29 is 17.9 Å². The number of pyridine rings is 1. The molecule has 1 atom stereocenters. The van der Waals surface area contributed by atoms with Gasteiger partial charge >= 0.3 is 5.97 Å². The second-order valence-corrected chi connectivity index (χ2v) is 7.02. The van der Waals surface area contributed by atoms with Crippen LogP contribution in [0.3, 0.4) is 0 Å². The Hall–Kier alpha value is -1.63. The molecule has 20 heavy (non-hydrogen) atoms. The maximum absolute atomic E-state index is 11.5. The molecule has 0 radical (unpaired) electrons. The number of ether oxygens (including phenoxy) is 1. The van der Waals surface area contributed by atoms with E-state index in [9.17, 15) is 13.2 Å². The third kappa shape index (κ3) is 3.27. The molecule has 1 aliphatic heterocycles. The Kier molecular flexibility index (Phi) is 4.27. The molecule has 0 spiro atoms. The van der Waals surface area contributed by atoms with E-state index in [1.54, 1.807) is 19.1 Å². The number of nitrogens with zero attached hydrogens (tertiary/aromatic N) is 2. The van der Waals surface area contributed by atoms with Crippen LogP contribution in [-0.4, -0.2) is 50.6 Å². The standard InChI is InChI=1S/C13H18N2O4S/c1-3-19-13(16)10-4-5-12(14-8-10)15(2)11-6-7-20(17,18)9-11/h4-5,8,11H,3,6-7,9H2,1-2H3. The highest BCUT2D eigenvalue weighted by molar-refractivity contribution is 7.91. The quantitative estimate of drug-likeness (QED) is 0.768. The van der Waals surface area contributed by atoms with Gasteiger partial charge in [-0.2, -0.15) is 0 Å². The van der Waals surface area contributed by atoms with E-state index in [-0.39, 0.29) is 17.5 Å². The third-order valence-corrected chi connectivity index (χ3v) is 5.13. The Bertz CT molecular complexity index is 583. The summed E-state index contributed by atoms with van der Waals surface area (Å²) in [5.74, 6) is 0.631. The summed E-state index contributed by atoms with van der Waals surface area (Å²) >= 11 is 0. The summed E-state index contributed by atoms with van der Waals surface area (Å²) in [6.07, 6.45) is 2.06. The van der Waals surface area contributed by atoms with Crippen LogP contribution in [0, 0.1) is 0 Å². The summed E-state index contributed by atoms with van der Waals surface area (Å²) in [5, 5.41) is 0. The van der Waals surface area contributed by atoms with Crippen LogP contribution in [-0.2, 0) is 14.6 Å². The van der Waals surface area contributed by atoms with Gasteiger partial charge in [0.05, 0.1) is 23.7 Å². The molecule has 1 fully saturated rings. The number of hydrogen-bond donors (Lipinski definition) is 0. The maximum Gasteiger partial charge on any atom is 0.339 e. The second-order valence-electron chi connectivity index (χ2n) is 4.79. The molecule has 0 N–H and O–H groups in total. The summed E-state index contributed by atoms with van der Waals surface area (Å²) in [6, 6.07) is 3.29. The van der Waals surface area contributed by atoms with Crippen LogP contribution in [0.15, 0.2) is 18.3 Å². The van der Waals surface area contributed by atoms with E-state index in [0.29, 0.717) is 24.4 Å². The van der Waals surface area contributed by atoms with Crippen molar-refractivity contribution in [1.29, 1.82) is 0 Å². The molecule has 0 saturated carbocycles. The molecule has 1 aromatic heterocycles. The minimum atomic E-state index is -2.92. The normalized spacial score (nSPS) is 20.6. The number of aromatic nitrogens is 1. The zero-order chi connectivity index (χ0) is 14.8. The third-order valence-electron chi connectivity index (χ3n) is 3.38. The molecule has 6 nitrogen and oxygen atoms in total. The van der Waals surface area contributed by atoms with E-state index < -0.39 is 15.8 Å². The summed E-state index contributed by atoms with van der Waals surface area (Å²) in [4.78, 5) is 17.6. The van der Waals surface area contributed by atoms with Crippen molar-refractivity contribution in [1.82, 2.24) is 4.98 Å². The summed E-state index contributed by atoms with van der Waals surface area (Å²) in [5.41, 5.74) is 0.392. The van der Waals surface area contributed by atoms with Gasteiger partial charge in [0, 0.05) is 19.3 Å². The van der Waals surface area contributed by atoms with Crippen molar-refractivity contribution in [2.45, 2.75) is 19.4 Å². The summed E-state index contributed by atoms with van der Waals surface area (Å²) in [7, 11) is -1.10. The fourth-order valence-corrected chi connectivity index (χ4v) is 3.97. The first-order chi connectivity index (χ1) is 9.43. The van der Waals surface area contributed by atoms with Crippen LogP contribution in [0.1, 0.15) is 23.7 Å². The highest BCUT2D eigenvalue weighted by Crippen LogP contribution is 2.21. The fourth-order valence-electron chi connectivity index (χ4n) is 2.20. The van der Waals surface area contributed by atoms with Crippen molar-refractivity contribution in [3.63, 3.8) is 0 Å². The first-order valence-electron chi connectivity index (χ1n) is 6.49. The molecule has 110 valence electrons. The van der Waals surface area contributed by atoms with Gasteiger partial charge in [0.25, 0.3) is 0 Å². The first-order valence-corrected chi connectivity index (χ1v) is 8.31. The molecule has 1 aromatic rings. The number of hydrogen-bond acceptors (Lipinski definition) is 6. The average Bonchev–Trinajstić information content (AvgIpc) is 2.79. The Morgan fingerprint density at radius 1 is 1.50 bits per heavy atom. The summed E-state index contributed by atoms with van der Waals surface area (Å²) < 4.78 is 27.9. The highest BCUT2D eigenvalue weighted by Gasteiger charge is 2.31. The Balaban J connectivity index is 2.08. The molecule has 1 aliphatic rings. The molecule has 2 heterocycles. The SMILES string of the molecule is CCOC(=O)c1ccc(N(C)C2CCS(=O)(=O)C2)nc1. The lowest BCUT2D eigenvalue weighted by Gasteiger charge is -2.24. The number of sulfone groups is 1. The molecule has 7 heteroatoms. The van der Waals surface area contributed by atoms with Crippen molar-refractivity contribution in [2.75, 3.05) is 30.1 Å². The van der Waals surface area contributed by atoms with E-state index in [4.69, 9.17) is 4.74 Å². The van der Waals surface area contributed by atoms with E-state index in [2.05, 4.69) is 4.98 Å². The molecule has 2 rings (SSSR count). The number of carbonyl (C=O) groups is 1. The van der Waals surface area contributed by atoms with Gasteiger partial charge in [-0.05, 0) is 25.5 Å². The highest BCUT2D eigenvalue weighted by atomic mass is 32.2. The topological polar surface area (TPSA) is 76.6 Å². The lowest BCUT2D eigenvalue weighted by molar-refractivity contribution is 0.0526. The molecule has 0 aromatic carbocycles. The fraction of sp³-hybridized carbons (Fsp3) is 0.538. The molecule has 0 aliphatic carbocycles. The van der Waals surface area contributed by atoms with E-state index in [0.717, 1.165) is 0 Å². The second kappa shape index (κ2) is 5.78. The molecular formula is C13H18N2O4S. The van der Waals surface area contributed by atoms with Crippen LogP contribution in [0.5, 0.6) is 0 Å². The van der Waals surface area contributed by atoms with Gasteiger partial charge in [-0.3, -0.25) is 0 Å².